The van der Waals surface area contributed by atoms with Crippen LogP contribution in [-0.2, 0) is 4.74 Å². The first-order valence-corrected chi connectivity index (χ1v) is 10.5. The van der Waals surface area contributed by atoms with Crippen LogP contribution in [0.3, 0.4) is 0 Å². The highest BCUT2D eigenvalue weighted by molar-refractivity contribution is 6.30. The molecule has 0 atom stereocenters. The van der Waals surface area contributed by atoms with Crippen molar-refractivity contribution in [3.8, 4) is 11.5 Å². The van der Waals surface area contributed by atoms with Crippen LogP contribution >= 0.6 is 0 Å². The van der Waals surface area contributed by atoms with Crippen LogP contribution < -0.4 is 5.73 Å². The van der Waals surface area contributed by atoms with Crippen molar-refractivity contribution >= 4 is 23.2 Å². The Labute approximate surface area is 191 Å². The number of nitrogen functional groups attached to an aromatic ring is 1. The standard InChI is InChI=1S/C15H10O4.C11H15NO2/c1-7-5-9-13(11(17)6-7)15(19)12-8(14(9)18)3-2-4-10(12)16;1-2-3-8-14-11(13)9-4-6-10(12)7-5-9/h2-6,16-17H,1H3;4-7H,2-3,8,12H2,1H3. The Balaban J connectivity index is 0.000000196. The number of unbranched alkanes of at least 4 members (excludes halogenated alkanes) is 1. The fourth-order valence-electron chi connectivity index (χ4n) is 3.43. The SMILES string of the molecule is CCCCOC(=O)c1ccc(N)cc1.Cc1cc(O)c2c(c1)C(=O)c1cccc(O)c1C2=O. The molecule has 0 fully saturated rings. The number of hydrogen-bond acceptors (Lipinski definition) is 7. The van der Waals surface area contributed by atoms with Crippen molar-refractivity contribution < 1.29 is 29.3 Å². The average molecular weight is 447 g/mol. The summed E-state index contributed by atoms with van der Waals surface area (Å²) in [6.45, 7) is 4.27. The maximum absolute atomic E-state index is 12.3. The molecule has 0 amide bonds. The number of ketones is 2. The predicted molar refractivity (Wildman–Crippen MR) is 124 cm³/mol. The zero-order chi connectivity index (χ0) is 24.1. The quantitative estimate of drug-likeness (QED) is 0.240. The summed E-state index contributed by atoms with van der Waals surface area (Å²) >= 11 is 0. The van der Waals surface area contributed by atoms with Gasteiger partial charge in [-0.2, -0.15) is 0 Å². The molecule has 3 aromatic carbocycles. The van der Waals surface area contributed by atoms with Crippen molar-refractivity contribution in [2.75, 3.05) is 12.3 Å². The zero-order valence-electron chi connectivity index (χ0n) is 18.4. The first-order valence-electron chi connectivity index (χ1n) is 10.5. The fraction of sp³-hybridized carbons (Fsp3) is 0.192. The topological polar surface area (TPSA) is 127 Å². The predicted octanol–water partition coefficient (Wildman–Crippen LogP) is 4.41. The van der Waals surface area contributed by atoms with Gasteiger partial charge in [0.15, 0.2) is 5.78 Å². The Hall–Kier alpha value is -4.13. The Morgan fingerprint density at radius 2 is 1.58 bits per heavy atom. The van der Waals surface area contributed by atoms with Crippen molar-refractivity contribution in [2.24, 2.45) is 0 Å². The molecule has 1 aliphatic rings. The molecule has 0 saturated heterocycles. The van der Waals surface area contributed by atoms with Gasteiger partial charge < -0.3 is 20.7 Å². The normalized spacial score (nSPS) is 11.7. The molecule has 0 saturated carbocycles. The second-order valence-electron chi connectivity index (χ2n) is 7.68. The van der Waals surface area contributed by atoms with Gasteiger partial charge in [0.1, 0.15) is 11.5 Å². The number of phenolic OH excluding ortho intramolecular Hbond substituents is 2. The number of esters is 1. The maximum atomic E-state index is 12.3. The summed E-state index contributed by atoms with van der Waals surface area (Å²) in [5.74, 6) is -1.65. The smallest absolute Gasteiger partial charge is 0.338 e. The zero-order valence-corrected chi connectivity index (χ0v) is 18.4. The van der Waals surface area contributed by atoms with Crippen LogP contribution in [0.2, 0.25) is 0 Å². The van der Waals surface area contributed by atoms with Crippen LogP contribution in [0, 0.1) is 6.92 Å². The van der Waals surface area contributed by atoms with Gasteiger partial charge in [-0.1, -0.05) is 25.5 Å². The molecule has 0 spiro atoms. The van der Waals surface area contributed by atoms with Gasteiger partial charge in [-0.25, -0.2) is 4.79 Å². The molecule has 1 aliphatic carbocycles. The second kappa shape index (κ2) is 9.99. The van der Waals surface area contributed by atoms with Crippen LogP contribution in [0.4, 0.5) is 5.69 Å². The first kappa shape index (κ1) is 23.5. The lowest BCUT2D eigenvalue weighted by atomic mass is 9.82. The van der Waals surface area contributed by atoms with E-state index >= 15 is 0 Å². The summed E-state index contributed by atoms with van der Waals surface area (Å²) in [6, 6.07) is 14.1. The van der Waals surface area contributed by atoms with E-state index in [0.717, 1.165) is 12.8 Å². The number of carbonyl (C=O) groups excluding carboxylic acids is 3. The van der Waals surface area contributed by atoms with E-state index in [1.807, 2.05) is 0 Å². The van der Waals surface area contributed by atoms with Crippen molar-refractivity contribution in [1.82, 2.24) is 0 Å². The van der Waals surface area contributed by atoms with Gasteiger partial charge in [0.25, 0.3) is 0 Å². The highest BCUT2D eigenvalue weighted by Crippen LogP contribution is 2.36. The Bertz CT molecular complexity index is 1210. The van der Waals surface area contributed by atoms with Gasteiger partial charge >= 0.3 is 5.97 Å². The number of carbonyl (C=O) groups is 3. The van der Waals surface area contributed by atoms with Crippen LogP contribution in [0.15, 0.2) is 54.6 Å². The minimum atomic E-state index is -0.528. The first-order chi connectivity index (χ1) is 15.7. The molecule has 4 N–H and O–H groups in total. The Morgan fingerprint density at radius 3 is 2.24 bits per heavy atom. The summed E-state index contributed by atoms with van der Waals surface area (Å²) in [5, 5.41) is 19.6. The molecule has 0 aromatic heterocycles. The molecule has 0 heterocycles. The molecular formula is C26H25NO6. The van der Waals surface area contributed by atoms with E-state index in [0.29, 0.717) is 23.4 Å². The molecule has 0 bridgehead atoms. The number of benzene rings is 3. The average Bonchev–Trinajstić information content (AvgIpc) is 2.78. The van der Waals surface area contributed by atoms with Crippen molar-refractivity contribution in [3.05, 3.63) is 88.0 Å². The van der Waals surface area contributed by atoms with E-state index in [1.165, 1.54) is 24.3 Å². The van der Waals surface area contributed by atoms with E-state index in [2.05, 4.69) is 6.92 Å². The number of nitrogens with two attached hydrogens (primary N) is 1. The molecule has 0 aliphatic heterocycles. The number of fused-ring (bicyclic) bond motifs is 2. The van der Waals surface area contributed by atoms with E-state index < -0.39 is 5.78 Å². The van der Waals surface area contributed by atoms with E-state index in [-0.39, 0.29) is 45.5 Å². The lowest BCUT2D eigenvalue weighted by Gasteiger charge is -2.19. The fourth-order valence-corrected chi connectivity index (χ4v) is 3.43. The largest absolute Gasteiger partial charge is 0.507 e. The van der Waals surface area contributed by atoms with Gasteiger partial charge in [-0.3, -0.25) is 9.59 Å². The van der Waals surface area contributed by atoms with Gasteiger partial charge in [0.2, 0.25) is 5.78 Å². The van der Waals surface area contributed by atoms with E-state index in [1.54, 1.807) is 37.3 Å². The van der Waals surface area contributed by atoms with Gasteiger partial charge in [-0.15, -0.1) is 0 Å². The highest BCUT2D eigenvalue weighted by Gasteiger charge is 2.34. The molecular weight excluding hydrogens is 422 g/mol. The monoisotopic (exact) mass is 447 g/mol. The lowest BCUT2D eigenvalue weighted by molar-refractivity contribution is 0.0499. The molecule has 33 heavy (non-hydrogen) atoms. The number of aromatic hydroxyl groups is 2. The molecule has 3 aromatic rings. The van der Waals surface area contributed by atoms with Crippen LogP contribution in [0.5, 0.6) is 11.5 Å². The summed E-state index contributed by atoms with van der Waals surface area (Å²) in [7, 11) is 0. The van der Waals surface area contributed by atoms with E-state index in [4.69, 9.17) is 10.5 Å². The Kier molecular flexibility index (Phi) is 7.13. The molecule has 7 heteroatoms. The maximum Gasteiger partial charge on any atom is 0.338 e. The van der Waals surface area contributed by atoms with Crippen molar-refractivity contribution in [3.63, 3.8) is 0 Å². The minimum Gasteiger partial charge on any atom is -0.507 e. The third kappa shape index (κ3) is 5.03. The van der Waals surface area contributed by atoms with Gasteiger partial charge in [-0.05, 0) is 61.4 Å². The van der Waals surface area contributed by atoms with Crippen LogP contribution in [0.1, 0.15) is 67.5 Å². The third-order valence-corrected chi connectivity index (χ3v) is 5.13. The minimum absolute atomic E-state index is 0.0374. The summed E-state index contributed by atoms with van der Waals surface area (Å²) < 4.78 is 5.03. The number of aryl methyl sites for hydroxylation is 1. The number of rotatable bonds is 4. The lowest BCUT2D eigenvalue weighted by Crippen LogP contribution is -2.21. The van der Waals surface area contributed by atoms with Gasteiger partial charge in [0.05, 0.1) is 23.3 Å². The molecule has 4 rings (SSSR count). The van der Waals surface area contributed by atoms with Crippen molar-refractivity contribution in [2.45, 2.75) is 26.7 Å². The van der Waals surface area contributed by atoms with E-state index in [9.17, 15) is 24.6 Å². The van der Waals surface area contributed by atoms with Crippen LogP contribution in [0.25, 0.3) is 0 Å². The number of ether oxygens (including phenoxy) is 1. The Morgan fingerprint density at radius 1 is 0.909 bits per heavy atom. The summed E-state index contributed by atoms with van der Waals surface area (Å²) in [4.78, 5) is 36.0. The third-order valence-electron chi connectivity index (χ3n) is 5.13. The number of phenols is 2. The molecule has 7 nitrogen and oxygen atoms in total. The number of anilines is 1. The molecule has 170 valence electrons. The van der Waals surface area contributed by atoms with Crippen molar-refractivity contribution in [1.29, 1.82) is 0 Å². The van der Waals surface area contributed by atoms with Crippen LogP contribution in [-0.4, -0.2) is 34.4 Å². The van der Waals surface area contributed by atoms with Gasteiger partial charge in [0, 0.05) is 16.8 Å². The highest BCUT2D eigenvalue weighted by atomic mass is 16.5. The summed E-state index contributed by atoms with van der Waals surface area (Å²) in [5.41, 5.74) is 7.66. The number of hydrogen-bond donors (Lipinski definition) is 3. The molecule has 0 radical (unpaired) electrons. The molecule has 0 unspecified atom stereocenters. The summed E-state index contributed by atoms with van der Waals surface area (Å²) in [6.07, 6.45) is 1.93. The second-order valence-corrected chi connectivity index (χ2v) is 7.68.